The molecule has 4 aliphatic rings. The van der Waals surface area contributed by atoms with Crippen LogP contribution >= 0.6 is 11.6 Å². The van der Waals surface area contributed by atoms with E-state index in [1.165, 1.54) is 6.07 Å². The Hall–Kier alpha value is -2.64. The predicted molar refractivity (Wildman–Crippen MR) is 124 cm³/mol. The number of carbonyl (C=O) groups excluding carboxylic acids is 2. The molecule has 0 unspecified atom stereocenters. The number of amides is 1. The molecule has 3 fully saturated rings. The summed E-state index contributed by atoms with van der Waals surface area (Å²) in [6.45, 7) is 1.49. The average Bonchev–Trinajstić information content (AvgIpc) is 2.76. The lowest BCUT2D eigenvalue weighted by atomic mass is 9.38. The van der Waals surface area contributed by atoms with E-state index in [9.17, 15) is 14.0 Å². The highest BCUT2D eigenvalue weighted by molar-refractivity contribution is 6.30. The second-order valence-electron chi connectivity index (χ2n) is 9.95. The molecule has 180 valence electrons. The summed E-state index contributed by atoms with van der Waals surface area (Å²) >= 11 is 6.10. The molecule has 1 N–H and O–H groups in total. The van der Waals surface area contributed by atoms with Gasteiger partial charge in [-0.25, -0.2) is 4.39 Å². The molecule has 6 rings (SSSR count). The van der Waals surface area contributed by atoms with Crippen molar-refractivity contribution in [2.45, 2.75) is 56.8 Å². The zero-order valence-electron chi connectivity index (χ0n) is 19.2. The van der Waals surface area contributed by atoms with Crippen molar-refractivity contribution in [2.75, 3.05) is 13.7 Å². The molecule has 3 aliphatic carbocycles. The summed E-state index contributed by atoms with van der Waals surface area (Å²) in [6, 6.07) is 9.87. The second-order valence-corrected chi connectivity index (χ2v) is 10.4. The number of rotatable bonds is 8. The monoisotopic (exact) mass is 487 g/mol. The van der Waals surface area contributed by atoms with Crippen LogP contribution in [0.25, 0.3) is 0 Å². The zero-order valence-corrected chi connectivity index (χ0v) is 19.9. The van der Waals surface area contributed by atoms with Gasteiger partial charge in [0.1, 0.15) is 17.3 Å². The lowest BCUT2D eigenvalue weighted by Gasteiger charge is -2.70. The Morgan fingerprint density at radius 2 is 1.97 bits per heavy atom. The lowest BCUT2D eigenvalue weighted by Crippen LogP contribution is -2.75. The standard InChI is InChI=1S/C26H27ClFNO5/c1-15-3-5-17(8-19(15)28)33-11-24(31)29-26-12-25(13-26,14-26)10-20(30)23-9-22(32-2)18-7-16(27)4-6-21(18)34-23/h3-8,22-23H,9-14H2,1-2H3,(H,29,31)/t22-,23-,25?,26?/m1/s1. The minimum absolute atomic E-state index is 0.0620. The molecule has 1 aliphatic heterocycles. The maximum Gasteiger partial charge on any atom is 0.258 e. The van der Waals surface area contributed by atoms with Crippen LogP contribution < -0.4 is 14.8 Å². The third-order valence-electron chi connectivity index (χ3n) is 7.27. The minimum Gasteiger partial charge on any atom is -0.484 e. The zero-order chi connectivity index (χ0) is 24.1. The number of hydrogen-bond donors (Lipinski definition) is 1. The predicted octanol–water partition coefficient (Wildman–Crippen LogP) is 4.70. The van der Waals surface area contributed by atoms with E-state index in [0.717, 1.165) is 24.8 Å². The number of carbonyl (C=O) groups is 2. The Bertz CT molecular complexity index is 1130. The van der Waals surface area contributed by atoms with Gasteiger partial charge in [0.05, 0.1) is 6.10 Å². The summed E-state index contributed by atoms with van der Waals surface area (Å²) in [5, 5.41) is 3.64. The van der Waals surface area contributed by atoms with Crippen LogP contribution in [0, 0.1) is 18.2 Å². The summed E-state index contributed by atoms with van der Waals surface area (Å²) in [7, 11) is 1.62. The van der Waals surface area contributed by atoms with Gasteiger partial charge in [0, 0.05) is 42.1 Å². The van der Waals surface area contributed by atoms with E-state index < -0.39 is 6.10 Å². The third kappa shape index (κ3) is 4.27. The van der Waals surface area contributed by atoms with Crippen molar-refractivity contribution in [1.82, 2.24) is 5.32 Å². The van der Waals surface area contributed by atoms with Crippen LogP contribution in [0.3, 0.4) is 0 Å². The fourth-order valence-corrected chi connectivity index (χ4v) is 5.95. The highest BCUT2D eigenvalue weighted by Gasteiger charge is 2.68. The Morgan fingerprint density at radius 1 is 1.21 bits per heavy atom. The summed E-state index contributed by atoms with van der Waals surface area (Å²) in [6.07, 6.45) is 2.39. The van der Waals surface area contributed by atoms with Crippen LogP contribution in [0.2, 0.25) is 5.02 Å². The van der Waals surface area contributed by atoms with Gasteiger partial charge in [-0.2, -0.15) is 0 Å². The first-order chi connectivity index (χ1) is 16.2. The van der Waals surface area contributed by atoms with Crippen molar-refractivity contribution in [3.63, 3.8) is 0 Å². The molecular formula is C26H27ClFNO5. The number of fused-ring (bicyclic) bond motifs is 1. The number of ketones is 1. The molecule has 0 saturated heterocycles. The highest BCUT2D eigenvalue weighted by atomic mass is 35.5. The van der Waals surface area contributed by atoms with Gasteiger partial charge in [-0.05, 0) is 61.4 Å². The first-order valence-electron chi connectivity index (χ1n) is 11.4. The smallest absolute Gasteiger partial charge is 0.258 e. The van der Waals surface area contributed by atoms with E-state index in [4.69, 9.17) is 25.8 Å². The maximum atomic E-state index is 13.6. The van der Waals surface area contributed by atoms with E-state index in [0.29, 0.717) is 34.9 Å². The van der Waals surface area contributed by atoms with Crippen LogP contribution in [0.1, 0.15) is 49.3 Å². The number of aryl methyl sites for hydroxylation is 1. The Kier molecular flexibility index (Phi) is 5.81. The first-order valence-corrected chi connectivity index (χ1v) is 11.8. The molecule has 2 aromatic carbocycles. The van der Waals surface area contributed by atoms with Gasteiger partial charge in [0.25, 0.3) is 5.91 Å². The van der Waals surface area contributed by atoms with Gasteiger partial charge in [-0.1, -0.05) is 17.7 Å². The molecule has 6 nitrogen and oxygen atoms in total. The fraction of sp³-hybridized carbons (Fsp3) is 0.462. The van der Waals surface area contributed by atoms with Crippen LogP contribution in [0.5, 0.6) is 11.5 Å². The van der Waals surface area contributed by atoms with Crippen LogP contribution in [0.4, 0.5) is 4.39 Å². The molecule has 2 atom stereocenters. The molecule has 34 heavy (non-hydrogen) atoms. The molecule has 3 saturated carbocycles. The van der Waals surface area contributed by atoms with Crippen molar-refractivity contribution in [2.24, 2.45) is 5.41 Å². The van der Waals surface area contributed by atoms with Crippen molar-refractivity contribution in [1.29, 1.82) is 0 Å². The SMILES string of the molecule is CO[C@@H]1C[C@H](C(=O)CC23CC(NC(=O)COc4ccc(C)c(F)c4)(C2)C3)Oc2ccc(Cl)cc21. The molecule has 2 aromatic rings. The molecule has 8 heteroatoms. The highest BCUT2D eigenvalue weighted by Crippen LogP contribution is 2.69. The molecule has 2 bridgehead atoms. The first kappa shape index (κ1) is 23.1. The third-order valence-corrected chi connectivity index (χ3v) is 7.50. The Morgan fingerprint density at radius 3 is 2.68 bits per heavy atom. The van der Waals surface area contributed by atoms with E-state index in [1.807, 2.05) is 6.07 Å². The fourth-order valence-electron chi connectivity index (χ4n) is 5.77. The van der Waals surface area contributed by atoms with Gasteiger partial charge in [0.15, 0.2) is 18.5 Å². The van der Waals surface area contributed by atoms with Crippen molar-refractivity contribution in [3.8, 4) is 11.5 Å². The number of Topliss-reactive ketones (excluding diaryl/α,β-unsaturated/α-hetero) is 1. The molecule has 0 radical (unpaired) electrons. The van der Waals surface area contributed by atoms with Gasteiger partial charge < -0.3 is 19.5 Å². The molecule has 1 heterocycles. The summed E-state index contributed by atoms with van der Waals surface area (Å²) in [5.41, 5.74) is 1.06. The second kappa shape index (κ2) is 8.54. The van der Waals surface area contributed by atoms with Gasteiger partial charge >= 0.3 is 0 Å². The average molecular weight is 488 g/mol. The van der Waals surface area contributed by atoms with Gasteiger partial charge in [0.2, 0.25) is 0 Å². The molecule has 0 spiro atoms. The van der Waals surface area contributed by atoms with Crippen molar-refractivity contribution >= 4 is 23.3 Å². The van der Waals surface area contributed by atoms with Crippen LogP contribution in [-0.4, -0.2) is 37.0 Å². The largest absolute Gasteiger partial charge is 0.484 e. The molecular weight excluding hydrogens is 461 g/mol. The summed E-state index contributed by atoms with van der Waals surface area (Å²) in [5.74, 6) is 0.413. The maximum absolute atomic E-state index is 13.6. The van der Waals surface area contributed by atoms with Crippen molar-refractivity contribution in [3.05, 3.63) is 58.4 Å². The quantitative estimate of drug-likeness (QED) is 0.584. The minimum atomic E-state index is -0.554. The number of benzene rings is 2. The van der Waals surface area contributed by atoms with Gasteiger partial charge in [-0.3, -0.25) is 9.59 Å². The van der Waals surface area contributed by atoms with Crippen molar-refractivity contribution < 1.29 is 28.2 Å². The Balaban J connectivity index is 1.11. The van der Waals surface area contributed by atoms with Crippen LogP contribution in [-0.2, 0) is 14.3 Å². The summed E-state index contributed by atoms with van der Waals surface area (Å²) < 4.78 is 30.6. The molecule has 0 aromatic heterocycles. The van der Waals surface area contributed by atoms with E-state index >= 15 is 0 Å². The Labute approximate surface area is 202 Å². The number of hydrogen-bond acceptors (Lipinski definition) is 5. The van der Waals surface area contributed by atoms with Gasteiger partial charge in [-0.15, -0.1) is 0 Å². The van der Waals surface area contributed by atoms with E-state index in [1.54, 1.807) is 38.3 Å². The number of ether oxygens (including phenoxy) is 3. The van der Waals surface area contributed by atoms with Crippen LogP contribution in [0.15, 0.2) is 36.4 Å². The number of methoxy groups -OCH3 is 1. The van der Waals surface area contributed by atoms with E-state index in [-0.39, 0.29) is 41.2 Å². The number of halogens is 2. The topological polar surface area (TPSA) is 73.9 Å². The normalized spacial score (nSPS) is 28.6. The lowest BCUT2D eigenvalue weighted by molar-refractivity contribution is -0.176. The number of nitrogens with one attached hydrogen (secondary N) is 1. The summed E-state index contributed by atoms with van der Waals surface area (Å²) in [4.78, 5) is 25.4. The molecule has 1 amide bonds. The van der Waals surface area contributed by atoms with E-state index in [2.05, 4.69) is 5.32 Å².